The molecule has 19 heteroatoms. The molecule has 0 saturated carbocycles. The fourth-order valence-electron chi connectivity index (χ4n) is 4.15. The molecule has 252 valence electrons. The summed E-state index contributed by atoms with van der Waals surface area (Å²) < 4.78 is 145. The van der Waals surface area contributed by atoms with Crippen molar-refractivity contribution in [3.05, 3.63) is 89.0 Å². The Hall–Kier alpha value is -4.74. The van der Waals surface area contributed by atoms with Crippen molar-refractivity contribution in [1.82, 2.24) is 4.72 Å². The van der Waals surface area contributed by atoms with Gasteiger partial charge in [-0.15, -0.1) is 11.3 Å². The quantitative estimate of drug-likeness (QED) is 0.121. The van der Waals surface area contributed by atoms with Crippen molar-refractivity contribution in [2.24, 2.45) is 0 Å². The van der Waals surface area contributed by atoms with E-state index in [0.29, 0.717) is 46.2 Å². The Labute approximate surface area is 273 Å². The molecule has 48 heavy (non-hydrogen) atoms. The van der Waals surface area contributed by atoms with Gasteiger partial charge in [-0.3, -0.25) is 0 Å². The molecule has 1 N–H and O–H groups in total. The topological polar surface area (TPSA) is 148 Å². The Kier molecular flexibility index (Phi) is 10.4. The van der Waals surface area contributed by atoms with Crippen LogP contribution >= 0.6 is 18.9 Å². The van der Waals surface area contributed by atoms with Crippen LogP contribution in [0.4, 0.5) is 26.3 Å². The summed E-state index contributed by atoms with van der Waals surface area (Å²) in [6.07, 6.45) is -11.4. The number of rotatable bonds is 11. The van der Waals surface area contributed by atoms with Gasteiger partial charge in [0.25, 0.3) is 10.0 Å². The molecule has 0 aliphatic heterocycles. The molecule has 0 aliphatic carbocycles. The molecule has 0 fully saturated rings. The van der Waals surface area contributed by atoms with Crippen molar-refractivity contribution in [2.45, 2.75) is 16.6 Å². The summed E-state index contributed by atoms with van der Waals surface area (Å²) in [6, 6.07) is 13.8. The molecule has 0 aliphatic rings. The van der Waals surface area contributed by atoms with Crippen LogP contribution in [0.1, 0.15) is 22.3 Å². The predicted molar refractivity (Wildman–Crippen MR) is 159 cm³/mol. The van der Waals surface area contributed by atoms with Gasteiger partial charge in [0.1, 0.15) is 22.0 Å². The van der Waals surface area contributed by atoms with Gasteiger partial charge in [0.15, 0.2) is 11.5 Å². The molecule has 0 atom stereocenters. The molecule has 1 aromatic heterocycles. The van der Waals surface area contributed by atoms with Crippen molar-refractivity contribution in [2.75, 3.05) is 20.5 Å². The zero-order valence-corrected chi connectivity index (χ0v) is 26.9. The maximum Gasteiger partial charge on any atom is 0.445 e. The second-order valence-electron chi connectivity index (χ2n) is 9.39. The van der Waals surface area contributed by atoms with Crippen LogP contribution in [0.25, 0.3) is 10.4 Å². The van der Waals surface area contributed by atoms with E-state index in [1.54, 1.807) is 18.2 Å². The predicted octanol–water partition coefficient (Wildman–Crippen LogP) is 7.80. The zero-order valence-electron chi connectivity index (χ0n) is 24.3. The third kappa shape index (κ3) is 8.03. The summed E-state index contributed by atoms with van der Waals surface area (Å²) in [5.74, 6) is -0.963. The van der Waals surface area contributed by atoms with Crippen LogP contribution in [-0.2, 0) is 26.9 Å². The highest BCUT2D eigenvalue weighted by molar-refractivity contribution is 7.92. The van der Waals surface area contributed by atoms with Crippen molar-refractivity contribution < 1.29 is 57.8 Å². The molecule has 3 aromatic carbocycles. The molecule has 4 aromatic rings. The number of nitrogens with zero attached hydrogens (tertiary/aromatic N) is 2. The number of methoxy groups -OCH3 is 2. The van der Waals surface area contributed by atoms with Gasteiger partial charge in [-0.1, -0.05) is 6.07 Å². The Morgan fingerprint density at radius 3 is 1.81 bits per heavy atom. The summed E-state index contributed by atoms with van der Waals surface area (Å²) in [4.78, 5) is 0.399. The van der Waals surface area contributed by atoms with Crippen LogP contribution in [0.15, 0.2) is 70.9 Å². The maximum atomic E-state index is 14.0. The lowest BCUT2D eigenvalue weighted by Gasteiger charge is -2.22. The summed E-state index contributed by atoms with van der Waals surface area (Å²) in [7, 11) is -6.85. The maximum absolute atomic E-state index is 14.0. The molecule has 0 spiro atoms. The highest BCUT2D eigenvalue weighted by Crippen LogP contribution is 2.50. The SMILES string of the molecule is COc1cccc(-c2ccc(S(=O)(=O)NCP(=O)(Oc3ccc(C#N)c(C(F)(F)F)c3)Oc3ccc(C#N)c(C(F)(F)F)c3)s2)c1OC. The van der Waals surface area contributed by atoms with Crippen molar-refractivity contribution in [3.8, 4) is 45.6 Å². The van der Waals surface area contributed by atoms with Crippen molar-refractivity contribution in [1.29, 1.82) is 10.5 Å². The van der Waals surface area contributed by atoms with Gasteiger partial charge in [-0.25, -0.2) is 13.0 Å². The molecule has 0 radical (unpaired) electrons. The van der Waals surface area contributed by atoms with Crippen LogP contribution in [0.5, 0.6) is 23.0 Å². The minimum Gasteiger partial charge on any atom is -0.493 e. The van der Waals surface area contributed by atoms with Crippen molar-refractivity contribution >= 4 is 29.0 Å². The van der Waals surface area contributed by atoms with E-state index in [9.17, 15) is 39.3 Å². The van der Waals surface area contributed by atoms with Crippen LogP contribution in [0.3, 0.4) is 0 Å². The molecular formula is C29H20F6N3O7PS2. The average molecular weight is 732 g/mol. The summed E-state index contributed by atoms with van der Waals surface area (Å²) in [5, 5.41) is 18.1. The van der Waals surface area contributed by atoms with E-state index in [2.05, 4.69) is 0 Å². The van der Waals surface area contributed by atoms with E-state index in [4.69, 9.17) is 29.0 Å². The van der Waals surface area contributed by atoms with Gasteiger partial charge in [0, 0.05) is 10.4 Å². The number of benzene rings is 3. The first-order valence-corrected chi connectivity index (χ1v) is 17.0. The Morgan fingerprint density at radius 1 is 0.812 bits per heavy atom. The Morgan fingerprint density at radius 2 is 1.35 bits per heavy atom. The Balaban J connectivity index is 1.71. The number of alkyl halides is 6. The lowest BCUT2D eigenvalue weighted by molar-refractivity contribution is -0.138. The number of para-hydroxylation sites is 1. The number of thiophene rings is 1. The van der Waals surface area contributed by atoms with Crippen LogP contribution < -0.4 is 23.2 Å². The summed E-state index contributed by atoms with van der Waals surface area (Å²) in [6.45, 7) is 0. The minimum atomic E-state index is -5.08. The number of halogens is 6. The van der Waals surface area contributed by atoms with Gasteiger partial charge in [-0.05, 0) is 60.7 Å². The van der Waals surface area contributed by atoms with E-state index < -0.39 is 70.0 Å². The van der Waals surface area contributed by atoms with Gasteiger partial charge < -0.3 is 18.5 Å². The third-order valence-electron chi connectivity index (χ3n) is 6.29. The highest BCUT2D eigenvalue weighted by Gasteiger charge is 2.38. The number of hydrogen-bond acceptors (Lipinski definition) is 10. The van der Waals surface area contributed by atoms with Gasteiger partial charge in [0.05, 0.1) is 48.6 Å². The number of nitriles is 2. The summed E-state index contributed by atoms with van der Waals surface area (Å²) >= 11 is 0.749. The number of hydrogen-bond donors (Lipinski definition) is 1. The fourth-order valence-corrected chi connectivity index (χ4v) is 8.54. The average Bonchev–Trinajstić information content (AvgIpc) is 3.54. The first kappa shape index (κ1) is 36.1. The molecule has 4 rings (SSSR count). The van der Waals surface area contributed by atoms with E-state index in [0.717, 1.165) is 23.5 Å². The second-order valence-corrected chi connectivity index (χ2v) is 14.4. The first-order chi connectivity index (χ1) is 22.4. The molecule has 0 bridgehead atoms. The molecule has 0 saturated heterocycles. The number of ether oxygens (including phenoxy) is 2. The number of sulfonamides is 1. The summed E-state index contributed by atoms with van der Waals surface area (Å²) in [5.41, 5.74) is -4.18. The van der Waals surface area contributed by atoms with Crippen molar-refractivity contribution in [3.63, 3.8) is 0 Å². The molecule has 0 amide bonds. The highest BCUT2D eigenvalue weighted by atomic mass is 32.2. The van der Waals surface area contributed by atoms with E-state index >= 15 is 0 Å². The fraction of sp³-hybridized carbons (Fsp3) is 0.172. The minimum absolute atomic E-state index is 0.298. The number of nitrogens with one attached hydrogen (secondary N) is 1. The third-order valence-corrected chi connectivity index (χ3v) is 11.0. The largest absolute Gasteiger partial charge is 0.493 e. The normalized spacial score (nSPS) is 12.1. The van der Waals surface area contributed by atoms with E-state index in [1.807, 2.05) is 4.72 Å². The van der Waals surface area contributed by atoms with Crippen LogP contribution in [0.2, 0.25) is 0 Å². The van der Waals surface area contributed by atoms with Crippen LogP contribution in [-0.4, -0.2) is 28.9 Å². The standard InChI is InChI=1S/C29H20F6N3O7PS2/c1-42-24-5-3-4-21(27(24)43-2)25-10-11-26(47-25)48(40,41)38-16-46(39,44-19-8-6-17(14-36)22(12-19)28(30,31)32)45-20-9-7-18(15-37)23(13-20)29(33,34)35/h3-13,38H,16H2,1-2H3. The first-order valence-electron chi connectivity index (χ1n) is 13.0. The monoisotopic (exact) mass is 731 g/mol. The van der Waals surface area contributed by atoms with Gasteiger partial charge in [-0.2, -0.15) is 41.6 Å². The van der Waals surface area contributed by atoms with Crippen LogP contribution in [0, 0.1) is 22.7 Å². The second kappa shape index (κ2) is 13.8. The smallest absolute Gasteiger partial charge is 0.445 e. The van der Waals surface area contributed by atoms with Gasteiger partial charge >= 0.3 is 19.9 Å². The molecule has 10 nitrogen and oxygen atoms in total. The molecule has 0 unspecified atom stereocenters. The lowest BCUT2D eigenvalue weighted by atomic mass is 10.1. The molecule has 1 heterocycles. The lowest BCUT2D eigenvalue weighted by Crippen LogP contribution is -2.26. The van der Waals surface area contributed by atoms with E-state index in [-0.39, 0.29) is 4.21 Å². The van der Waals surface area contributed by atoms with E-state index in [1.165, 1.54) is 38.5 Å². The Bertz CT molecular complexity index is 2010. The zero-order chi connectivity index (χ0) is 35.5. The molecular weight excluding hydrogens is 711 g/mol. The van der Waals surface area contributed by atoms with Gasteiger partial charge in [0.2, 0.25) is 0 Å².